The van der Waals surface area contributed by atoms with Crippen molar-refractivity contribution in [3.05, 3.63) is 66.2 Å². The number of rotatable bonds is 3. The number of nitrogens with zero attached hydrogens (tertiary/aromatic N) is 6. The molecule has 2 aliphatic heterocycles. The minimum atomic E-state index is -0.266. The molecule has 2 saturated heterocycles. The van der Waals surface area contributed by atoms with Gasteiger partial charge in [0.2, 0.25) is 0 Å². The van der Waals surface area contributed by atoms with E-state index in [9.17, 15) is 4.39 Å². The SMILES string of the molecule is Cc1cc(N2C[C@@H]3CCCN(C)[C@@H]3C2)nn2c(-c3ccnc4[nH]ccc34)c(-c3ccc(F)cc3)nc12. The zero-order valence-electron chi connectivity index (χ0n) is 20.4. The van der Waals surface area contributed by atoms with Crippen molar-refractivity contribution in [3.63, 3.8) is 0 Å². The summed E-state index contributed by atoms with van der Waals surface area (Å²) >= 11 is 0. The van der Waals surface area contributed by atoms with Crippen LogP contribution in [0.15, 0.2) is 54.9 Å². The van der Waals surface area contributed by atoms with E-state index in [1.807, 2.05) is 22.8 Å². The van der Waals surface area contributed by atoms with Gasteiger partial charge in [0.15, 0.2) is 5.65 Å². The largest absolute Gasteiger partial charge is 0.353 e. The summed E-state index contributed by atoms with van der Waals surface area (Å²) in [6, 6.07) is 13.3. The third kappa shape index (κ3) is 3.32. The van der Waals surface area contributed by atoms with E-state index in [-0.39, 0.29) is 5.82 Å². The van der Waals surface area contributed by atoms with Gasteiger partial charge >= 0.3 is 0 Å². The molecule has 0 amide bonds. The van der Waals surface area contributed by atoms with Gasteiger partial charge in [-0.15, -0.1) is 5.10 Å². The topological polar surface area (TPSA) is 65.3 Å². The summed E-state index contributed by atoms with van der Waals surface area (Å²) < 4.78 is 15.8. The lowest BCUT2D eigenvalue weighted by Gasteiger charge is -2.33. The average molecular weight is 482 g/mol. The van der Waals surface area contributed by atoms with Crippen LogP contribution < -0.4 is 4.90 Å². The van der Waals surface area contributed by atoms with Crippen LogP contribution in [0.4, 0.5) is 10.2 Å². The highest BCUT2D eigenvalue weighted by Gasteiger charge is 2.38. The van der Waals surface area contributed by atoms with Crippen LogP contribution in [0.2, 0.25) is 0 Å². The molecule has 2 atom stereocenters. The molecular formula is C28H28FN7. The molecule has 5 aromatic rings. The lowest BCUT2D eigenvalue weighted by atomic mass is 9.93. The predicted octanol–water partition coefficient (Wildman–Crippen LogP) is 4.92. The molecule has 36 heavy (non-hydrogen) atoms. The number of aryl methyl sites for hydroxylation is 1. The standard InChI is InChI=1S/C28H28FN7/c1-17-14-24(35-15-19-4-3-13-34(2)23(19)16-35)33-36-26(21-9-11-30-27-22(21)10-12-31-27)25(32-28(17)36)18-5-7-20(29)8-6-18/h5-12,14,19,23H,3-4,13,15-16H2,1-2H3,(H,30,31)/t19-,23+/m0/s1. The van der Waals surface area contributed by atoms with Gasteiger partial charge in [-0.2, -0.15) is 0 Å². The van der Waals surface area contributed by atoms with Crippen LogP contribution in [-0.2, 0) is 0 Å². The maximum atomic E-state index is 13.8. The number of hydrogen-bond acceptors (Lipinski definition) is 5. The first-order chi connectivity index (χ1) is 17.6. The number of anilines is 1. The van der Waals surface area contributed by atoms with Crippen molar-refractivity contribution in [1.29, 1.82) is 0 Å². The van der Waals surface area contributed by atoms with Crippen molar-refractivity contribution in [3.8, 4) is 22.5 Å². The van der Waals surface area contributed by atoms with E-state index in [2.05, 4.69) is 39.8 Å². The fourth-order valence-corrected chi connectivity index (χ4v) is 6.12. The highest BCUT2D eigenvalue weighted by atomic mass is 19.1. The van der Waals surface area contributed by atoms with Gasteiger partial charge in [-0.1, -0.05) is 0 Å². The monoisotopic (exact) mass is 481 g/mol. The number of aromatic nitrogens is 5. The molecule has 6 heterocycles. The van der Waals surface area contributed by atoms with Crippen LogP contribution in [0.1, 0.15) is 18.4 Å². The molecule has 0 spiro atoms. The summed E-state index contributed by atoms with van der Waals surface area (Å²) in [6.07, 6.45) is 6.24. The van der Waals surface area contributed by atoms with Gasteiger partial charge in [-0.05, 0) is 87.3 Å². The molecule has 1 N–H and O–H groups in total. The Bertz CT molecular complexity index is 1590. The number of aromatic amines is 1. The average Bonchev–Trinajstić information content (AvgIpc) is 3.61. The number of likely N-dealkylation sites (tertiary alicyclic amines) is 1. The summed E-state index contributed by atoms with van der Waals surface area (Å²) in [7, 11) is 2.25. The molecule has 182 valence electrons. The van der Waals surface area contributed by atoms with Crippen LogP contribution in [0, 0.1) is 18.7 Å². The predicted molar refractivity (Wildman–Crippen MR) is 140 cm³/mol. The molecule has 0 radical (unpaired) electrons. The first-order valence-corrected chi connectivity index (χ1v) is 12.6. The summed E-state index contributed by atoms with van der Waals surface area (Å²) in [5.41, 5.74) is 6.21. The molecule has 1 aromatic carbocycles. The highest BCUT2D eigenvalue weighted by molar-refractivity contribution is 5.97. The Morgan fingerprint density at radius 2 is 1.94 bits per heavy atom. The summed E-state index contributed by atoms with van der Waals surface area (Å²) in [4.78, 5) is 17.7. The second-order valence-electron chi connectivity index (χ2n) is 10.2. The normalized spacial score (nSPS) is 20.5. The van der Waals surface area contributed by atoms with Gasteiger partial charge in [-0.25, -0.2) is 18.9 Å². The third-order valence-electron chi connectivity index (χ3n) is 7.97. The number of pyridine rings is 1. The molecule has 2 fully saturated rings. The third-order valence-corrected chi connectivity index (χ3v) is 7.97. The Morgan fingerprint density at radius 3 is 2.78 bits per heavy atom. The zero-order valence-corrected chi connectivity index (χ0v) is 20.4. The second kappa shape index (κ2) is 8.13. The molecular weight excluding hydrogens is 453 g/mol. The summed E-state index contributed by atoms with van der Waals surface area (Å²) in [5, 5.41) is 6.19. The number of piperidine rings is 1. The number of nitrogens with one attached hydrogen (secondary N) is 1. The highest BCUT2D eigenvalue weighted by Crippen LogP contribution is 2.38. The van der Waals surface area contributed by atoms with Gasteiger partial charge in [0.25, 0.3) is 0 Å². The van der Waals surface area contributed by atoms with Gasteiger partial charge in [0, 0.05) is 48.0 Å². The van der Waals surface area contributed by atoms with Crippen molar-refractivity contribution in [2.75, 3.05) is 31.6 Å². The van der Waals surface area contributed by atoms with Crippen molar-refractivity contribution in [2.45, 2.75) is 25.8 Å². The molecule has 0 saturated carbocycles. The number of fused-ring (bicyclic) bond motifs is 3. The fourth-order valence-electron chi connectivity index (χ4n) is 6.12. The zero-order chi connectivity index (χ0) is 24.4. The van der Waals surface area contributed by atoms with Crippen LogP contribution >= 0.6 is 0 Å². The number of halogens is 1. The molecule has 0 unspecified atom stereocenters. The minimum Gasteiger partial charge on any atom is -0.353 e. The van der Waals surface area contributed by atoms with Crippen molar-refractivity contribution in [2.24, 2.45) is 5.92 Å². The van der Waals surface area contributed by atoms with Gasteiger partial charge < -0.3 is 14.8 Å². The number of likely N-dealkylation sites (N-methyl/N-ethyl adjacent to an activating group) is 1. The van der Waals surface area contributed by atoms with Crippen molar-refractivity contribution in [1.82, 2.24) is 29.5 Å². The molecule has 7 nitrogen and oxygen atoms in total. The van der Waals surface area contributed by atoms with E-state index in [1.165, 1.54) is 31.5 Å². The molecule has 7 rings (SSSR count). The van der Waals surface area contributed by atoms with Crippen LogP contribution in [0.25, 0.3) is 39.2 Å². The molecule has 0 bridgehead atoms. The quantitative estimate of drug-likeness (QED) is 0.396. The number of hydrogen-bond donors (Lipinski definition) is 1. The molecule has 2 aliphatic rings. The Balaban J connectivity index is 1.44. The van der Waals surface area contributed by atoms with Gasteiger partial charge in [0.05, 0.1) is 5.69 Å². The maximum absolute atomic E-state index is 13.8. The number of imidazole rings is 1. The molecule has 8 heteroatoms. The van der Waals surface area contributed by atoms with Gasteiger partial charge in [0.1, 0.15) is 23.0 Å². The van der Waals surface area contributed by atoms with E-state index in [4.69, 9.17) is 10.1 Å². The fraction of sp³-hybridized carbons (Fsp3) is 0.321. The van der Waals surface area contributed by atoms with Crippen molar-refractivity contribution < 1.29 is 4.39 Å². The van der Waals surface area contributed by atoms with E-state index in [0.717, 1.165) is 63.7 Å². The smallest absolute Gasteiger partial charge is 0.158 e. The summed E-state index contributed by atoms with van der Waals surface area (Å²) in [6.45, 7) is 5.28. The Labute approximate surface area is 208 Å². The lowest BCUT2D eigenvalue weighted by molar-refractivity contribution is 0.158. The van der Waals surface area contributed by atoms with E-state index in [0.29, 0.717) is 12.0 Å². The number of H-pyrrole nitrogens is 1. The van der Waals surface area contributed by atoms with E-state index >= 15 is 0 Å². The Kier molecular flexibility index (Phi) is 4.86. The first-order valence-electron chi connectivity index (χ1n) is 12.6. The van der Waals surface area contributed by atoms with E-state index in [1.54, 1.807) is 18.3 Å². The Hall–Kier alpha value is -3.78. The van der Waals surface area contributed by atoms with Crippen LogP contribution in [0.3, 0.4) is 0 Å². The van der Waals surface area contributed by atoms with Crippen molar-refractivity contribution >= 4 is 22.5 Å². The first kappa shape index (κ1) is 21.5. The Morgan fingerprint density at radius 1 is 1.08 bits per heavy atom. The van der Waals surface area contributed by atoms with E-state index < -0.39 is 0 Å². The molecule has 0 aliphatic carbocycles. The van der Waals surface area contributed by atoms with Crippen LogP contribution in [-0.4, -0.2) is 62.2 Å². The number of benzene rings is 1. The molecule has 4 aromatic heterocycles. The maximum Gasteiger partial charge on any atom is 0.158 e. The van der Waals surface area contributed by atoms with Crippen LogP contribution in [0.5, 0.6) is 0 Å². The summed E-state index contributed by atoms with van der Waals surface area (Å²) in [5.74, 6) is 1.39. The van der Waals surface area contributed by atoms with Gasteiger partial charge in [-0.3, -0.25) is 0 Å². The lowest BCUT2D eigenvalue weighted by Crippen LogP contribution is -2.42. The second-order valence-corrected chi connectivity index (χ2v) is 10.2. The minimum absolute atomic E-state index is 0.266.